The van der Waals surface area contributed by atoms with E-state index in [4.69, 9.17) is 0 Å². The zero-order valence-electron chi connectivity index (χ0n) is 8.95. The number of halogens is 1. The standard InChI is InChI=1S/C12H16BrN/c1-8-6-10(7-9(2)11(8)13)12(14-3)4-5-12/h6-7,14H,4-5H2,1-3H3. The monoisotopic (exact) mass is 253 g/mol. The van der Waals surface area contributed by atoms with Crippen molar-refractivity contribution < 1.29 is 0 Å². The number of hydrogen-bond acceptors (Lipinski definition) is 1. The second kappa shape index (κ2) is 3.35. The van der Waals surface area contributed by atoms with Crippen molar-refractivity contribution in [1.82, 2.24) is 5.32 Å². The predicted molar refractivity (Wildman–Crippen MR) is 63.6 cm³/mol. The molecule has 1 aliphatic rings. The summed E-state index contributed by atoms with van der Waals surface area (Å²) >= 11 is 3.60. The summed E-state index contributed by atoms with van der Waals surface area (Å²) < 4.78 is 1.24. The Balaban J connectivity index is 2.46. The molecule has 1 fully saturated rings. The molecule has 0 amide bonds. The molecule has 2 rings (SSSR count). The lowest BCUT2D eigenvalue weighted by Gasteiger charge is -2.17. The normalized spacial score (nSPS) is 18.3. The first-order chi connectivity index (χ1) is 6.59. The zero-order valence-corrected chi connectivity index (χ0v) is 10.5. The van der Waals surface area contributed by atoms with Crippen molar-refractivity contribution in [2.45, 2.75) is 32.2 Å². The fraction of sp³-hybridized carbons (Fsp3) is 0.500. The van der Waals surface area contributed by atoms with Gasteiger partial charge in [-0.25, -0.2) is 0 Å². The highest BCUT2D eigenvalue weighted by atomic mass is 79.9. The summed E-state index contributed by atoms with van der Waals surface area (Å²) in [5.41, 5.74) is 4.40. The van der Waals surface area contributed by atoms with Gasteiger partial charge in [0.15, 0.2) is 0 Å². The van der Waals surface area contributed by atoms with Crippen LogP contribution in [0.4, 0.5) is 0 Å². The Morgan fingerprint density at radius 2 is 1.71 bits per heavy atom. The van der Waals surface area contributed by atoms with E-state index in [0.29, 0.717) is 0 Å². The third kappa shape index (κ3) is 1.51. The highest BCUT2D eigenvalue weighted by Gasteiger charge is 2.42. The van der Waals surface area contributed by atoms with Crippen LogP contribution in [-0.2, 0) is 5.54 Å². The molecule has 0 heterocycles. The van der Waals surface area contributed by atoms with Crippen molar-refractivity contribution >= 4 is 15.9 Å². The molecule has 0 radical (unpaired) electrons. The van der Waals surface area contributed by atoms with Crippen LogP contribution in [0.3, 0.4) is 0 Å². The quantitative estimate of drug-likeness (QED) is 0.854. The van der Waals surface area contributed by atoms with Crippen molar-refractivity contribution in [3.63, 3.8) is 0 Å². The minimum atomic E-state index is 0.288. The molecule has 2 heteroatoms. The first-order valence-corrected chi connectivity index (χ1v) is 5.84. The third-order valence-electron chi connectivity index (χ3n) is 3.22. The van der Waals surface area contributed by atoms with Gasteiger partial charge in [-0.05, 0) is 50.4 Å². The maximum Gasteiger partial charge on any atom is 0.0434 e. The Kier molecular flexibility index (Phi) is 2.44. The van der Waals surface area contributed by atoms with E-state index in [1.54, 1.807) is 0 Å². The maximum atomic E-state index is 3.60. The molecule has 0 spiro atoms. The van der Waals surface area contributed by atoms with Crippen molar-refractivity contribution in [1.29, 1.82) is 0 Å². The summed E-state index contributed by atoms with van der Waals surface area (Å²) in [7, 11) is 2.06. The average Bonchev–Trinajstić information content (AvgIpc) is 2.94. The van der Waals surface area contributed by atoms with E-state index in [9.17, 15) is 0 Å². The highest BCUT2D eigenvalue weighted by molar-refractivity contribution is 9.10. The zero-order chi connectivity index (χ0) is 10.3. The Morgan fingerprint density at radius 3 is 2.07 bits per heavy atom. The van der Waals surface area contributed by atoms with Gasteiger partial charge in [0, 0.05) is 10.0 Å². The Labute approximate surface area is 94.0 Å². The van der Waals surface area contributed by atoms with Crippen molar-refractivity contribution in [2.75, 3.05) is 7.05 Å². The lowest BCUT2D eigenvalue weighted by molar-refractivity contribution is 0.584. The summed E-state index contributed by atoms with van der Waals surface area (Å²) in [5, 5.41) is 3.43. The van der Waals surface area contributed by atoms with Crippen molar-refractivity contribution in [2.24, 2.45) is 0 Å². The topological polar surface area (TPSA) is 12.0 Å². The first kappa shape index (κ1) is 10.2. The molecular weight excluding hydrogens is 238 g/mol. The highest BCUT2D eigenvalue weighted by Crippen LogP contribution is 2.46. The van der Waals surface area contributed by atoms with E-state index in [0.717, 1.165) is 0 Å². The molecule has 0 aliphatic heterocycles. The summed E-state index contributed by atoms with van der Waals surface area (Å²) in [6.07, 6.45) is 2.54. The van der Waals surface area contributed by atoms with Crippen LogP contribution in [0.2, 0.25) is 0 Å². The summed E-state index contributed by atoms with van der Waals surface area (Å²) in [4.78, 5) is 0. The van der Waals surface area contributed by atoms with E-state index >= 15 is 0 Å². The molecule has 76 valence electrons. The van der Waals surface area contributed by atoms with Crippen LogP contribution in [0.5, 0.6) is 0 Å². The van der Waals surface area contributed by atoms with Gasteiger partial charge in [0.1, 0.15) is 0 Å². The van der Waals surface area contributed by atoms with E-state index < -0.39 is 0 Å². The van der Waals surface area contributed by atoms with Gasteiger partial charge in [-0.2, -0.15) is 0 Å². The number of benzene rings is 1. The second-order valence-electron chi connectivity index (χ2n) is 4.26. The van der Waals surface area contributed by atoms with Crippen LogP contribution in [0.1, 0.15) is 29.5 Å². The molecule has 1 N–H and O–H groups in total. The Morgan fingerprint density at radius 1 is 1.21 bits per heavy atom. The molecule has 0 bridgehead atoms. The Hall–Kier alpha value is -0.340. The van der Waals surface area contributed by atoms with Gasteiger partial charge < -0.3 is 5.32 Å². The first-order valence-electron chi connectivity index (χ1n) is 5.05. The van der Waals surface area contributed by atoms with Crippen molar-refractivity contribution in [3.8, 4) is 0 Å². The van der Waals surface area contributed by atoms with Crippen LogP contribution in [0.15, 0.2) is 16.6 Å². The molecule has 0 saturated heterocycles. The van der Waals surface area contributed by atoms with E-state index in [1.165, 1.54) is 34.0 Å². The minimum Gasteiger partial charge on any atom is -0.310 e. The Bertz CT molecular complexity index is 344. The third-order valence-corrected chi connectivity index (χ3v) is 4.47. The molecule has 1 aliphatic carbocycles. The smallest absolute Gasteiger partial charge is 0.0434 e. The molecule has 1 aromatic rings. The van der Waals surface area contributed by atoms with E-state index in [2.05, 4.69) is 54.3 Å². The van der Waals surface area contributed by atoms with Gasteiger partial charge in [0.25, 0.3) is 0 Å². The minimum absolute atomic E-state index is 0.288. The van der Waals surface area contributed by atoms with E-state index in [-0.39, 0.29) is 5.54 Å². The van der Waals surface area contributed by atoms with Crippen LogP contribution >= 0.6 is 15.9 Å². The molecule has 14 heavy (non-hydrogen) atoms. The number of rotatable bonds is 2. The number of nitrogens with one attached hydrogen (secondary N) is 1. The van der Waals surface area contributed by atoms with Crippen LogP contribution < -0.4 is 5.32 Å². The predicted octanol–water partition coefficient (Wildman–Crippen LogP) is 3.27. The SMILES string of the molecule is CNC1(c2cc(C)c(Br)c(C)c2)CC1. The van der Waals surface area contributed by atoms with Gasteiger partial charge in [-0.15, -0.1) is 0 Å². The summed E-state index contributed by atoms with van der Waals surface area (Å²) in [6, 6.07) is 4.58. The summed E-state index contributed by atoms with van der Waals surface area (Å²) in [6.45, 7) is 4.32. The molecule has 1 aromatic carbocycles. The number of aryl methyl sites for hydroxylation is 2. The molecular formula is C12H16BrN. The number of hydrogen-bond donors (Lipinski definition) is 1. The molecule has 1 saturated carbocycles. The fourth-order valence-electron chi connectivity index (χ4n) is 2.03. The molecule has 0 atom stereocenters. The lowest BCUT2D eigenvalue weighted by atomic mass is 10.00. The van der Waals surface area contributed by atoms with Gasteiger partial charge in [-0.1, -0.05) is 28.1 Å². The van der Waals surface area contributed by atoms with Gasteiger partial charge in [0.05, 0.1) is 0 Å². The van der Waals surface area contributed by atoms with Crippen LogP contribution in [-0.4, -0.2) is 7.05 Å². The van der Waals surface area contributed by atoms with Crippen molar-refractivity contribution in [3.05, 3.63) is 33.3 Å². The molecule has 1 nitrogen and oxygen atoms in total. The average molecular weight is 254 g/mol. The lowest BCUT2D eigenvalue weighted by Crippen LogP contribution is -2.24. The van der Waals surface area contributed by atoms with Gasteiger partial charge in [-0.3, -0.25) is 0 Å². The fourth-order valence-corrected chi connectivity index (χ4v) is 2.26. The molecule has 0 aromatic heterocycles. The maximum absolute atomic E-state index is 3.60. The second-order valence-corrected chi connectivity index (χ2v) is 5.05. The summed E-state index contributed by atoms with van der Waals surface area (Å²) in [5.74, 6) is 0. The van der Waals surface area contributed by atoms with Gasteiger partial charge in [0.2, 0.25) is 0 Å². The van der Waals surface area contributed by atoms with Crippen LogP contribution in [0.25, 0.3) is 0 Å². The van der Waals surface area contributed by atoms with E-state index in [1.807, 2.05) is 0 Å². The van der Waals surface area contributed by atoms with Crippen LogP contribution in [0, 0.1) is 13.8 Å². The largest absolute Gasteiger partial charge is 0.310 e. The molecule has 0 unspecified atom stereocenters. The van der Waals surface area contributed by atoms with Gasteiger partial charge >= 0.3 is 0 Å².